The van der Waals surface area contributed by atoms with Crippen LogP contribution < -0.4 is 4.74 Å². The molecule has 1 aromatic heterocycles. The first kappa shape index (κ1) is 13.4. The number of ether oxygens (including phenoxy) is 2. The molecule has 0 aliphatic rings. The average Bonchev–Trinajstić information content (AvgIpc) is 2.75. The Morgan fingerprint density at radius 3 is 2.84 bits per heavy atom. The topological polar surface area (TPSA) is 60.1 Å². The highest BCUT2D eigenvalue weighted by Gasteiger charge is 2.17. The molecule has 1 aromatic carbocycles. The normalized spacial score (nSPS) is 10.2. The summed E-state index contributed by atoms with van der Waals surface area (Å²) < 4.78 is 11.7. The Hall–Kier alpha value is -2.03. The smallest absolute Gasteiger partial charge is 0.151 e. The summed E-state index contributed by atoms with van der Waals surface area (Å²) in [5.74, 6) is 0.691. The summed E-state index contributed by atoms with van der Waals surface area (Å²) in [6.45, 7) is 0.236. The second-order valence-corrected chi connectivity index (χ2v) is 4.13. The summed E-state index contributed by atoms with van der Waals surface area (Å²) in [5.41, 5.74) is 1.56. The van der Waals surface area contributed by atoms with Gasteiger partial charge in [-0.1, -0.05) is 17.7 Å². The Labute approximate surface area is 115 Å². The summed E-state index contributed by atoms with van der Waals surface area (Å²) in [5, 5.41) is 13.7. The number of nitriles is 1. The first-order chi connectivity index (χ1) is 9.21. The Morgan fingerprint density at radius 1 is 1.42 bits per heavy atom. The van der Waals surface area contributed by atoms with E-state index in [0.29, 0.717) is 17.0 Å². The molecule has 0 unspecified atom stereocenters. The van der Waals surface area contributed by atoms with Crippen molar-refractivity contribution in [1.29, 1.82) is 5.26 Å². The highest BCUT2D eigenvalue weighted by molar-refractivity contribution is 6.31. The Bertz CT molecular complexity index is 631. The Balaban J connectivity index is 2.53. The maximum atomic E-state index is 9.12. The van der Waals surface area contributed by atoms with Gasteiger partial charge in [0.25, 0.3) is 0 Å². The zero-order valence-electron chi connectivity index (χ0n) is 10.6. The monoisotopic (exact) mass is 277 g/mol. The van der Waals surface area contributed by atoms with Gasteiger partial charge in [0.05, 0.1) is 19.4 Å². The van der Waals surface area contributed by atoms with Gasteiger partial charge in [-0.2, -0.15) is 10.4 Å². The van der Waals surface area contributed by atoms with Crippen LogP contribution in [0.3, 0.4) is 0 Å². The van der Waals surface area contributed by atoms with E-state index in [9.17, 15) is 0 Å². The molecule has 0 aliphatic heterocycles. The molecule has 0 aliphatic carbocycles. The minimum Gasteiger partial charge on any atom is -0.497 e. The summed E-state index contributed by atoms with van der Waals surface area (Å²) in [6.07, 6.45) is 0. The molecule has 1 heterocycles. The molecule has 0 N–H and O–H groups in total. The number of halogens is 1. The second-order valence-electron chi connectivity index (χ2n) is 3.77. The molecule has 2 rings (SSSR count). The fourth-order valence-corrected chi connectivity index (χ4v) is 1.99. The minimum atomic E-state index is 0.236. The van der Waals surface area contributed by atoms with Gasteiger partial charge in [-0.15, -0.1) is 0 Å². The van der Waals surface area contributed by atoms with Gasteiger partial charge in [0, 0.05) is 13.2 Å². The Kier molecular flexibility index (Phi) is 4.05. The number of aromatic nitrogens is 2. The first-order valence-electron chi connectivity index (χ1n) is 5.52. The van der Waals surface area contributed by atoms with Crippen molar-refractivity contribution in [3.8, 4) is 17.5 Å². The molecule has 0 saturated heterocycles. The van der Waals surface area contributed by atoms with Crippen molar-refractivity contribution in [3.63, 3.8) is 0 Å². The van der Waals surface area contributed by atoms with E-state index in [0.717, 1.165) is 5.69 Å². The molecule has 19 heavy (non-hydrogen) atoms. The summed E-state index contributed by atoms with van der Waals surface area (Å²) in [6, 6.07) is 9.31. The third-order valence-corrected chi connectivity index (χ3v) is 2.94. The van der Waals surface area contributed by atoms with Gasteiger partial charge in [-0.05, 0) is 12.1 Å². The van der Waals surface area contributed by atoms with Gasteiger partial charge >= 0.3 is 0 Å². The predicted molar refractivity (Wildman–Crippen MR) is 70.6 cm³/mol. The third-order valence-electron chi connectivity index (χ3n) is 2.59. The van der Waals surface area contributed by atoms with Crippen LogP contribution in [0.15, 0.2) is 24.3 Å². The number of methoxy groups -OCH3 is 2. The average molecular weight is 278 g/mol. The van der Waals surface area contributed by atoms with Crippen molar-refractivity contribution in [2.24, 2.45) is 0 Å². The zero-order chi connectivity index (χ0) is 13.8. The van der Waals surface area contributed by atoms with Crippen LogP contribution >= 0.6 is 11.6 Å². The first-order valence-corrected chi connectivity index (χ1v) is 5.90. The van der Waals surface area contributed by atoms with Crippen molar-refractivity contribution >= 4 is 11.6 Å². The number of hydrogen-bond donors (Lipinski definition) is 0. The van der Waals surface area contributed by atoms with E-state index in [2.05, 4.69) is 5.10 Å². The fourth-order valence-electron chi connectivity index (χ4n) is 1.70. The summed E-state index contributed by atoms with van der Waals surface area (Å²) >= 11 is 6.18. The van der Waals surface area contributed by atoms with E-state index in [1.54, 1.807) is 20.3 Å². The summed E-state index contributed by atoms with van der Waals surface area (Å²) in [4.78, 5) is 0. The lowest BCUT2D eigenvalue weighted by Crippen LogP contribution is -1.98. The molecule has 0 atom stereocenters. The quantitative estimate of drug-likeness (QED) is 0.862. The van der Waals surface area contributed by atoms with E-state index < -0.39 is 0 Å². The molecular formula is C13H12ClN3O2. The van der Waals surface area contributed by atoms with Crippen LogP contribution in [0.4, 0.5) is 0 Å². The van der Waals surface area contributed by atoms with Crippen LogP contribution in [-0.4, -0.2) is 24.0 Å². The van der Waals surface area contributed by atoms with E-state index in [1.807, 2.05) is 24.3 Å². The van der Waals surface area contributed by atoms with E-state index in [4.69, 9.17) is 26.3 Å². The standard InChI is InChI=1S/C13H12ClN3O2/c1-18-8-12-11(7-15)13(14)17(16-12)9-4-3-5-10(6-9)19-2/h3-6H,8H2,1-2H3. The van der Waals surface area contributed by atoms with Crippen LogP contribution in [0.25, 0.3) is 5.69 Å². The molecule has 0 bridgehead atoms. The lowest BCUT2D eigenvalue weighted by molar-refractivity contribution is 0.181. The molecule has 5 nitrogen and oxygen atoms in total. The third kappa shape index (κ3) is 2.55. The SMILES string of the molecule is COCc1nn(-c2cccc(OC)c2)c(Cl)c1C#N. The van der Waals surface area contributed by atoms with Crippen molar-refractivity contribution in [2.45, 2.75) is 6.61 Å². The van der Waals surface area contributed by atoms with Crippen molar-refractivity contribution in [3.05, 3.63) is 40.7 Å². The van der Waals surface area contributed by atoms with Crippen LogP contribution in [0.2, 0.25) is 5.15 Å². The van der Waals surface area contributed by atoms with Crippen LogP contribution in [0.5, 0.6) is 5.75 Å². The highest BCUT2D eigenvalue weighted by Crippen LogP contribution is 2.25. The van der Waals surface area contributed by atoms with Crippen LogP contribution in [0, 0.1) is 11.3 Å². The van der Waals surface area contributed by atoms with Gasteiger partial charge in [0.2, 0.25) is 0 Å². The van der Waals surface area contributed by atoms with Crippen LogP contribution in [0.1, 0.15) is 11.3 Å². The van der Waals surface area contributed by atoms with Gasteiger partial charge < -0.3 is 9.47 Å². The molecule has 0 radical (unpaired) electrons. The predicted octanol–water partition coefficient (Wildman–Crippen LogP) is 2.55. The molecular weight excluding hydrogens is 266 g/mol. The van der Waals surface area contributed by atoms with Gasteiger partial charge in [-0.3, -0.25) is 0 Å². The molecule has 6 heteroatoms. The van der Waals surface area contributed by atoms with E-state index >= 15 is 0 Å². The molecule has 98 valence electrons. The van der Waals surface area contributed by atoms with Gasteiger partial charge in [-0.25, -0.2) is 4.68 Å². The van der Waals surface area contributed by atoms with Crippen LogP contribution in [-0.2, 0) is 11.3 Å². The number of benzene rings is 1. The van der Waals surface area contributed by atoms with Gasteiger partial charge in [0.1, 0.15) is 23.1 Å². The van der Waals surface area contributed by atoms with Crippen molar-refractivity contribution < 1.29 is 9.47 Å². The van der Waals surface area contributed by atoms with E-state index in [1.165, 1.54) is 4.68 Å². The molecule has 0 amide bonds. The maximum absolute atomic E-state index is 9.12. The largest absolute Gasteiger partial charge is 0.497 e. The zero-order valence-corrected chi connectivity index (χ0v) is 11.3. The van der Waals surface area contributed by atoms with Gasteiger partial charge in [0.15, 0.2) is 5.15 Å². The fraction of sp³-hybridized carbons (Fsp3) is 0.231. The molecule has 2 aromatic rings. The Morgan fingerprint density at radius 2 is 2.21 bits per heavy atom. The van der Waals surface area contributed by atoms with E-state index in [-0.39, 0.29) is 11.8 Å². The van der Waals surface area contributed by atoms with Crippen molar-refractivity contribution in [2.75, 3.05) is 14.2 Å². The number of rotatable bonds is 4. The second kappa shape index (κ2) is 5.74. The number of hydrogen-bond acceptors (Lipinski definition) is 4. The lowest BCUT2D eigenvalue weighted by Gasteiger charge is -2.05. The molecule has 0 spiro atoms. The van der Waals surface area contributed by atoms with Crippen molar-refractivity contribution in [1.82, 2.24) is 9.78 Å². The molecule has 0 saturated carbocycles. The molecule has 0 fully saturated rings. The number of nitrogens with zero attached hydrogens (tertiary/aromatic N) is 3. The maximum Gasteiger partial charge on any atom is 0.151 e. The highest BCUT2D eigenvalue weighted by atomic mass is 35.5. The summed E-state index contributed by atoms with van der Waals surface area (Å²) in [7, 11) is 3.13. The lowest BCUT2D eigenvalue weighted by atomic mass is 10.3. The minimum absolute atomic E-state index is 0.236.